The minimum atomic E-state index is -1.22. The Bertz CT molecular complexity index is 1310. The van der Waals surface area contributed by atoms with Gasteiger partial charge < -0.3 is 24.9 Å². The molecule has 1 heterocycles. The number of rotatable bonds is 8. The molecule has 0 spiro atoms. The van der Waals surface area contributed by atoms with Crippen molar-refractivity contribution in [2.45, 2.75) is 0 Å². The van der Waals surface area contributed by atoms with Gasteiger partial charge in [0, 0.05) is 10.5 Å². The van der Waals surface area contributed by atoms with Crippen LogP contribution in [0.25, 0.3) is 6.08 Å². The molecule has 0 unspecified atom stereocenters. The summed E-state index contributed by atoms with van der Waals surface area (Å²) < 4.78 is 10.7. The molecular weight excluding hydrogens is 514 g/mol. The van der Waals surface area contributed by atoms with Crippen LogP contribution in [0.3, 0.4) is 0 Å². The van der Waals surface area contributed by atoms with Crippen molar-refractivity contribution in [1.82, 2.24) is 5.32 Å². The van der Waals surface area contributed by atoms with Gasteiger partial charge in [0.05, 0.1) is 30.0 Å². The zero-order valence-electron chi connectivity index (χ0n) is 17.4. The van der Waals surface area contributed by atoms with Crippen molar-refractivity contribution in [2.24, 2.45) is 0 Å². The highest BCUT2D eigenvalue weighted by Crippen LogP contribution is 2.26. The summed E-state index contributed by atoms with van der Waals surface area (Å²) in [6.07, 6.45) is 1.10. The van der Waals surface area contributed by atoms with E-state index in [1.54, 1.807) is 18.2 Å². The maximum absolute atomic E-state index is 13.1. The standard InChI is InChI=1S/C22H16BrN3O8/c1-33-18-8-6-12(22(29)30)10-16(18)24-21(28)17(11-13-7-9-19(34-13)26(31)32)25-20(27)14-4-2-3-5-15(14)23/h2-11H,1H3,(H,24,28)(H,25,27)(H,29,30). The summed E-state index contributed by atoms with van der Waals surface area (Å²) in [5, 5.41) is 25.1. The van der Waals surface area contributed by atoms with Crippen molar-refractivity contribution in [2.75, 3.05) is 12.4 Å². The van der Waals surface area contributed by atoms with E-state index < -0.39 is 28.6 Å². The van der Waals surface area contributed by atoms with Crippen molar-refractivity contribution in [1.29, 1.82) is 0 Å². The van der Waals surface area contributed by atoms with Gasteiger partial charge in [-0.05, 0) is 52.3 Å². The summed E-state index contributed by atoms with van der Waals surface area (Å²) in [6, 6.07) is 12.7. The summed E-state index contributed by atoms with van der Waals surface area (Å²) in [5.74, 6) is -3.20. The monoisotopic (exact) mass is 529 g/mol. The van der Waals surface area contributed by atoms with Gasteiger partial charge in [-0.15, -0.1) is 0 Å². The molecule has 0 saturated heterocycles. The number of furan rings is 1. The molecule has 174 valence electrons. The van der Waals surface area contributed by atoms with E-state index >= 15 is 0 Å². The maximum Gasteiger partial charge on any atom is 0.433 e. The second-order valence-corrected chi connectivity index (χ2v) is 7.45. The predicted octanol–water partition coefficient (Wildman–Crippen LogP) is 4.07. The van der Waals surface area contributed by atoms with Crippen LogP contribution in [0.15, 0.2) is 69.2 Å². The minimum absolute atomic E-state index is 0.0267. The molecular formula is C22H16BrN3O8. The number of nitro groups is 1. The van der Waals surface area contributed by atoms with E-state index in [4.69, 9.17) is 9.15 Å². The lowest BCUT2D eigenvalue weighted by Gasteiger charge is -2.14. The van der Waals surface area contributed by atoms with Gasteiger partial charge in [0.15, 0.2) is 0 Å². The Morgan fingerprint density at radius 2 is 1.88 bits per heavy atom. The lowest BCUT2D eigenvalue weighted by molar-refractivity contribution is -0.402. The van der Waals surface area contributed by atoms with E-state index in [1.165, 1.54) is 37.4 Å². The number of anilines is 1. The first-order chi connectivity index (χ1) is 16.2. The average molecular weight is 530 g/mol. The molecule has 0 saturated carbocycles. The molecule has 2 aromatic carbocycles. The fraction of sp³-hybridized carbons (Fsp3) is 0.0455. The normalized spacial score (nSPS) is 10.9. The van der Waals surface area contributed by atoms with Crippen LogP contribution in [0, 0.1) is 10.1 Å². The summed E-state index contributed by atoms with van der Waals surface area (Å²) in [4.78, 5) is 47.3. The average Bonchev–Trinajstić information content (AvgIpc) is 3.27. The third-order valence-electron chi connectivity index (χ3n) is 4.39. The number of nitrogens with one attached hydrogen (secondary N) is 2. The number of hydrogen-bond donors (Lipinski definition) is 3. The first-order valence-electron chi connectivity index (χ1n) is 9.44. The van der Waals surface area contributed by atoms with Crippen LogP contribution in [0.5, 0.6) is 5.75 Å². The van der Waals surface area contributed by atoms with Crippen LogP contribution in [-0.4, -0.2) is 34.9 Å². The molecule has 0 aliphatic heterocycles. The Balaban J connectivity index is 1.98. The van der Waals surface area contributed by atoms with Gasteiger partial charge in [-0.2, -0.15) is 0 Å². The molecule has 34 heavy (non-hydrogen) atoms. The second kappa shape index (κ2) is 10.4. The van der Waals surface area contributed by atoms with E-state index in [-0.39, 0.29) is 34.0 Å². The van der Waals surface area contributed by atoms with Crippen LogP contribution < -0.4 is 15.4 Å². The van der Waals surface area contributed by atoms with Gasteiger partial charge in [-0.3, -0.25) is 19.7 Å². The molecule has 11 nitrogen and oxygen atoms in total. The van der Waals surface area contributed by atoms with E-state index in [1.807, 2.05) is 0 Å². The quantitative estimate of drug-likeness (QED) is 0.223. The molecule has 12 heteroatoms. The molecule has 3 N–H and O–H groups in total. The molecule has 3 rings (SSSR count). The van der Waals surface area contributed by atoms with E-state index in [0.717, 1.165) is 12.1 Å². The van der Waals surface area contributed by atoms with Gasteiger partial charge >= 0.3 is 11.9 Å². The topological polar surface area (TPSA) is 161 Å². The summed E-state index contributed by atoms with van der Waals surface area (Å²) >= 11 is 3.26. The highest BCUT2D eigenvalue weighted by molar-refractivity contribution is 9.10. The molecule has 0 atom stereocenters. The number of halogens is 1. The Hall–Kier alpha value is -4.45. The molecule has 0 bridgehead atoms. The van der Waals surface area contributed by atoms with Crippen LogP contribution in [0.4, 0.5) is 11.6 Å². The van der Waals surface area contributed by atoms with E-state index in [0.29, 0.717) is 4.47 Å². The zero-order valence-corrected chi connectivity index (χ0v) is 19.0. The van der Waals surface area contributed by atoms with Gasteiger partial charge in [-0.25, -0.2) is 4.79 Å². The molecule has 1 aromatic heterocycles. The number of hydrogen-bond acceptors (Lipinski definition) is 7. The van der Waals surface area contributed by atoms with Crippen LogP contribution in [-0.2, 0) is 4.79 Å². The Kier molecular flexibility index (Phi) is 7.43. The van der Waals surface area contributed by atoms with Gasteiger partial charge in [-0.1, -0.05) is 12.1 Å². The van der Waals surface area contributed by atoms with Gasteiger partial charge in [0.2, 0.25) is 0 Å². The molecule has 0 radical (unpaired) electrons. The SMILES string of the molecule is COc1ccc(C(=O)O)cc1NC(=O)C(=Cc1ccc([N+](=O)[O-])o1)NC(=O)c1ccccc1Br. The van der Waals surface area contributed by atoms with Crippen molar-refractivity contribution < 1.29 is 33.6 Å². The predicted molar refractivity (Wildman–Crippen MR) is 124 cm³/mol. The summed E-state index contributed by atoms with van der Waals surface area (Å²) in [6.45, 7) is 0. The smallest absolute Gasteiger partial charge is 0.433 e. The van der Waals surface area contributed by atoms with Gasteiger partial charge in [0.25, 0.3) is 11.8 Å². The fourth-order valence-electron chi connectivity index (χ4n) is 2.78. The van der Waals surface area contributed by atoms with Crippen molar-refractivity contribution in [3.05, 3.63) is 91.8 Å². The minimum Gasteiger partial charge on any atom is -0.495 e. The summed E-state index contributed by atoms with van der Waals surface area (Å²) in [5.41, 5.74) is -0.190. The lowest BCUT2D eigenvalue weighted by Crippen LogP contribution is -2.31. The number of carbonyl (C=O) groups excluding carboxylic acids is 2. The molecule has 0 fully saturated rings. The lowest BCUT2D eigenvalue weighted by atomic mass is 10.1. The Morgan fingerprint density at radius 3 is 2.50 bits per heavy atom. The number of carbonyl (C=O) groups is 3. The van der Waals surface area contributed by atoms with Crippen LogP contribution in [0.1, 0.15) is 26.5 Å². The zero-order chi connectivity index (χ0) is 24.8. The number of carboxylic acid groups (broad SMARTS) is 1. The molecule has 0 aliphatic carbocycles. The number of nitrogens with zero attached hydrogens (tertiary/aromatic N) is 1. The second-order valence-electron chi connectivity index (χ2n) is 6.60. The Labute approximate surface area is 200 Å². The maximum atomic E-state index is 13.1. The largest absolute Gasteiger partial charge is 0.495 e. The third-order valence-corrected chi connectivity index (χ3v) is 5.08. The van der Waals surface area contributed by atoms with Crippen LogP contribution >= 0.6 is 15.9 Å². The van der Waals surface area contributed by atoms with Crippen LogP contribution in [0.2, 0.25) is 0 Å². The number of amides is 2. The van der Waals surface area contributed by atoms with Crippen molar-refractivity contribution >= 4 is 51.4 Å². The Morgan fingerprint density at radius 1 is 1.15 bits per heavy atom. The van der Waals surface area contributed by atoms with Gasteiger partial charge in [0.1, 0.15) is 22.1 Å². The van der Waals surface area contributed by atoms with Crippen molar-refractivity contribution in [3.8, 4) is 5.75 Å². The molecule has 3 aromatic rings. The third kappa shape index (κ3) is 5.66. The first kappa shape index (κ1) is 24.2. The number of aromatic carboxylic acids is 1. The highest BCUT2D eigenvalue weighted by Gasteiger charge is 2.20. The number of methoxy groups -OCH3 is 1. The summed E-state index contributed by atoms with van der Waals surface area (Å²) in [7, 11) is 1.33. The highest BCUT2D eigenvalue weighted by atomic mass is 79.9. The first-order valence-corrected chi connectivity index (χ1v) is 10.2. The number of benzene rings is 2. The molecule has 0 aliphatic rings. The molecule has 2 amide bonds. The van der Waals surface area contributed by atoms with Crippen molar-refractivity contribution in [3.63, 3.8) is 0 Å². The van der Waals surface area contributed by atoms with E-state index in [2.05, 4.69) is 26.6 Å². The number of ether oxygens (including phenoxy) is 1. The number of carboxylic acids is 1. The fourth-order valence-corrected chi connectivity index (χ4v) is 3.25. The van der Waals surface area contributed by atoms with E-state index in [9.17, 15) is 29.6 Å².